The van der Waals surface area contributed by atoms with Crippen molar-refractivity contribution in [2.45, 2.75) is 26.4 Å². The van der Waals surface area contributed by atoms with Gasteiger partial charge in [0.1, 0.15) is 11.9 Å². The summed E-state index contributed by atoms with van der Waals surface area (Å²) >= 11 is 0. The van der Waals surface area contributed by atoms with Gasteiger partial charge in [0, 0.05) is 14.0 Å². The van der Waals surface area contributed by atoms with E-state index in [1.54, 1.807) is 25.8 Å². The number of ether oxygens (including phenoxy) is 1. The molecule has 1 atom stereocenters. The number of aryl methyl sites for hydroxylation is 2. The summed E-state index contributed by atoms with van der Waals surface area (Å²) in [6, 6.07) is 8.24. The predicted molar refractivity (Wildman–Crippen MR) is 81.8 cm³/mol. The highest BCUT2D eigenvalue weighted by Crippen LogP contribution is 2.27. The Balaban J connectivity index is 1.76. The number of carbonyl (C=O) groups is 1. The van der Waals surface area contributed by atoms with E-state index in [-0.39, 0.29) is 12.0 Å². The number of amides is 1. The van der Waals surface area contributed by atoms with Crippen molar-refractivity contribution < 1.29 is 13.9 Å². The molecular weight excluding hydrogens is 280 g/mol. The van der Waals surface area contributed by atoms with Crippen molar-refractivity contribution in [1.82, 2.24) is 9.88 Å². The monoisotopic (exact) mass is 300 g/mol. The summed E-state index contributed by atoms with van der Waals surface area (Å²) in [5, 5.41) is 0. The number of benzene rings is 1. The molecular formula is C17H20N2O3. The summed E-state index contributed by atoms with van der Waals surface area (Å²) in [5.41, 5.74) is 2.85. The minimum Gasteiger partial charge on any atom is -0.445 e. The second kappa shape index (κ2) is 5.93. The van der Waals surface area contributed by atoms with E-state index in [2.05, 4.69) is 17.1 Å². The van der Waals surface area contributed by atoms with Gasteiger partial charge in [-0.1, -0.05) is 24.3 Å². The number of hydrogen-bond acceptors (Lipinski definition) is 4. The third-order valence-electron chi connectivity index (χ3n) is 3.98. The molecule has 116 valence electrons. The van der Waals surface area contributed by atoms with Crippen LogP contribution in [0.3, 0.4) is 0 Å². The lowest BCUT2D eigenvalue weighted by atomic mass is 9.97. The summed E-state index contributed by atoms with van der Waals surface area (Å²) in [6.45, 7) is 4.69. The first-order valence-corrected chi connectivity index (χ1v) is 7.45. The Morgan fingerprint density at radius 1 is 1.36 bits per heavy atom. The summed E-state index contributed by atoms with van der Waals surface area (Å²) in [6.07, 6.45) is 0.832. The van der Waals surface area contributed by atoms with Gasteiger partial charge in [-0.05, 0) is 24.5 Å². The Morgan fingerprint density at radius 2 is 2.14 bits per heavy atom. The predicted octanol–water partition coefficient (Wildman–Crippen LogP) is 2.68. The average molecular weight is 300 g/mol. The maximum atomic E-state index is 12.5. The largest absolute Gasteiger partial charge is 0.445 e. The number of rotatable bonds is 3. The zero-order valence-corrected chi connectivity index (χ0v) is 13.1. The van der Waals surface area contributed by atoms with Crippen LogP contribution in [0.5, 0.6) is 0 Å². The van der Waals surface area contributed by atoms with Crippen LogP contribution in [0.2, 0.25) is 0 Å². The molecule has 1 aromatic carbocycles. The standard InChI is InChI=1S/C17H20N2O3/c1-11-16(18-12(2)22-11)17(20)19(3)10-15-14-7-5-4-6-13(14)8-9-21-15/h4-7,15H,8-10H2,1-3H3. The third kappa shape index (κ3) is 2.76. The molecule has 0 spiro atoms. The number of hydrogen-bond donors (Lipinski definition) is 0. The normalized spacial score (nSPS) is 17.1. The van der Waals surface area contributed by atoms with Crippen LogP contribution in [0, 0.1) is 13.8 Å². The smallest absolute Gasteiger partial charge is 0.275 e. The van der Waals surface area contributed by atoms with E-state index >= 15 is 0 Å². The van der Waals surface area contributed by atoms with Gasteiger partial charge < -0.3 is 14.1 Å². The van der Waals surface area contributed by atoms with Crippen LogP contribution >= 0.6 is 0 Å². The van der Waals surface area contributed by atoms with Crippen LogP contribution in [-0.2, 0) is 11.2 Å². The van der Waals surface area contributed by atoms with Crippen molar-refractivity contribution in [3.8, 4) is 0 Å². The molecule has 22 heavy (non-hydrogen) atoms. The van der Waals surface area contributed by atoms with E-state index in [1.807, 2.05) is 12.1 Å². The van der Waals surface area contributed by atoms with E-state index in [0.717, 1.165) is 6.42 Å². The second-order valence-electron chi connectivity index (χ2n) is 5.63. The highest BCUT2D eigenvalue weighted by atomic mass is 16.5. The molecule has 1 amide bonds. The number of aromatic nitrogens is 1. The fourth-order valence-corrected chi connectivity index (χ4v) is 2.87. The van der Waals surface area contributed by atoms with Gasteiger partial charge in [0.2, 0.25) is 0 Å². The lowest BCUT2D eigenvalue weighted by molar-refractivity contribution is 0.0198. The molecule has 2 heterocycles. The summed E-state index contributed by atoms with van der Waals surface area (Å²) in [5.74, 6) is 0.925. The molecule has 0 bridgehead atoms. The van der Waals surface area contributed by atoms with Gasteiger partial charge >= 0.3 is 0 Å². The quantitative estimate of drug-likeness (QED) is 0.874. The van der Waals surface area contributed by atoms with Crippen molar-refractivity contribution in [2.24, 2.45) is 0 Å². The molecule has 0 radical (unpaired) electrons. The van der Waals surface area contributed by atoms with Crippen LogP contribution in [0.1, 0.15) is 39.4 Å². The van der Waals surface area contributed by atoms with Crippen LogP contribution in [-0.4, -0.2) is 36.0 Å². The molecule has 0 aliphatic carbocycles. The van der Waals surface area contributed by atoms with E-state index in [9.17, 15) is 4.79 Å². The van der Waals surface area contributed by atoms with E-state index in [0.29, 0.717) is 30.5 Å². The van der Waals surface area contributed by atoms with Gasteiger partial charge in [-0.15, -0.1) is 0 Å². The minimum absolute atomic E-state index is 0.0906. The van der Waals surface area contributed by atoms with E-state index in [1.165, 1.54) is 11.1 Å². The molecule has 0 saturated carbocycles. The molecule has 2 aromatic rings. The van der Waals surface area contributed by atoms with Gasteiger partial charge in [-0.25, -0.2) is 4.98 Å². The first-order chi connectivity index (χ1) is 10.6. The van der Waals surface area contributed by atoms with Gasteiger partial charge in [0.25, 0.3) is 5.91 Å². The molecule has 0 saturated heterocycles. The van der Waals surface area contributed by atoms with Crippen molar-refractivity contribution in [2.75, 3.05) is 20.2 Å². The van der Waals surface area contributed by atoms with E-state index < -0.39 is 0 Å². The minimum atomic E-state index is -0.138. The zero-order valence-electron chi connectivity index (χ0n) is 13.1. The van der Waals surface area contributed by atoms with Gasteiger partial charge in [-0.3, -0.25) is 4.79 Å². The Labute approximate surface area is 129 Å². The third-order valence-corrected chi connectivity index (χ3v) is 3.98. The molecule has 1 aliphatic heterocycles. The fraction of sp³-hybridized carbons (Fsp3) is 0.412. The molecule has 3 rings (SSSR count). The van der Waals surface area contributed by atoms with Crippen molar-refractivity contribution in [3.05, 3.63) is 52.7 Å². The maximum Gasteiger partial charge on any atom is 0.275 e. The summed E-state index contributed by atoms with van der Waals surface area (Å²) in [4.78, 5) is 18.3. The maximum absolute atomic E-state index is 12.5. The van der Waals surface area contributed by atoms with E-state index in [4.69, 9.17) is 9.15 Å². The number of likely N-dealkylation sites (N-methyl/N-ethyl adjacent to an activating group) is 1. The molecule has 0 fully saturated rings. The lowest BCUT2D eigenvalue weighted by Crippen LogP contribution is -2.34. The summed E-state index contributed by atoms with van der Waals surface area (Å²) in [7, 11) is 1.77. The van der Waals surface area contributed by atoms with Gasteiger partial charge in [0.15, 0.2) is 11.6 Å². The Bertz CT molecular complexity index is 693. The molecule has 0 N–H and O–H groups in total. The Kier molecular flexibility index (Phi) is 3.98. The van der Waals surface area contributed by atoms with Crippen molar-refractivity contribution >= 4 is 5.91 Å². The van der Waals surface area contributed by atoms with Gasteiger partial charge in [-0.2, -0.15) is 0 Å². The first kappa shape index (κ1) is 14.8. The van der Waals surface area contributed by atoms with Crippen LogP contribution in [0.15, 0.2) is 28.7 Å². The molecule has 5 heteroatoms. The molecule has 5 nitrogen and oxygen atoms in total. The van der Waals surface area contributed by atoms with Crippen LogP contribution in [0.4, 0.5) is 0 Å². The summed E-state index contributed by atoms with van der Waals surface area (Å²) < 4.78 is 11.2. The topological polar surface area (TPSA) is 55.6 Å². The highest BCUT2D eigenvalue weighted by Gasteiger charge is 2.26. The molecule has 1 aromatic heterocycles. The van der Waals surface area contributed by atoms with Gasteiger partial charge in [0.05, 0.1) is 13.2 Å². The fourth-order valence-electron chi connectivity index (χ4n) is 2.87. The van der Waals surface area contributed by atoms with Crippen molar-refractivity contribution in [3.63, 3.8) is 0 Å². The van der Waals surface area contributed by atoms with Crippen molar-refractivity contribution in [1.29, 1.82) is 0 Å². The zero-order chi connectivity index (χ0) is 15.7. The van der Waals surface area contributed by atoms with Crippen LogP contribution < -0.4 is 0 Å². The second-order valence-corrected chi connectivity index (χ2v) is 5.63. The Hall–Kier alpha value is -2.14. The first-order valence-electron chi connectivity index (χ1n) is 7.45. The highest BCUT2D eigenvalue weighted by molar-refractivity contribution is 5.93. The number of nitrogens with zero attached hydrogens (tertiary/aromatic N) is 2. The number of oxazole rings is 1. The Morgan fingerprint density at radius 3 is 2.86 bits per heavy atom. The SMILES string of the molecule is Cc1nc(C(=O)N(C)CC2OCCc3ccccc32)c(C)o1. The molecule has 1 aliphatic rings. The number of fused-ring (bicyclic) bond motifs is 1. The lowest BCUT2D eigenvalue weighted by Gasteiger charge is -2.29. The molecule has 1 unspecified atom stereocenters. The average Bonchev–Trinajstić information content (AvgIpc) is 2.85. The number of carbonyl (C=O) groups excluding carboxylic acids is 1. The van der Waals surface area contributed by atoms with Crippen LogP contribution in [0.25, 0.3) is 0 Å².